The number of benzene rings is 1. The van der Waals surface area contributed by atoms with Gasteiger partial charge in [-0.3, -0.25) is 0 Å². The third-order valence-corrected chi connectivity index (χ3v) is 2.43. The smallest absolute Gasteiger partial charge is 0.147 e. The van der Waals surface area contributed by atoms with Crippen LogP contribution in [0.25, 0.3) is 5.69 Å². The molecule has 15 heavy (non-hydrogen) atoms. The summed E-state index contributed by atoms with van der Waals surface area (Å²) in [5, 5.41) is 13.1. The lowest BCUT2D eigenvalue weighted by Crippen LogP contribution is -1.98. The number of nitriles is 1. The van der Waals surface area contributed by atoms with E-state index in [1.54, 1.807) is 24.0 Å². The third kappa shape index (κ3) is 1.90. The summed E-state index contributed by atoms with van der Waals surface area (Å²) in [5.74, 6) is 0.682. The Hall–Kier alpha value is -1.67. The molecule has 0 saturated heterocycles. The van der Waals surface area contributed by atoms with E-state index in [1.165, 1.54) is 0 Å². The number of halogens is 1. The van der Waals surface area contributed by atoms with Crippen molar-refractivity contribution in [1.82, 2.24) is 14.8 Å². The maximum atomic E-state index is 8.98. The molecule has 0 unspecified atom stereocenters. The minimum absolute atomic E-state index is 0.564. The highest BCUT2D eigenvalue weighted by atomic mass is 79.9. The van der Waals surface area contributed by atoms with E-state index in [1.807, 2.05) is 12.1 Å². The van der Waals surface area contributed by atoms with Gasteiger partial charge in [0.15, 0.2) is 0 Å². The zero-order chi connectivity index (χ0) is 10.8. The first-order valence-electron chi connectivity index (χ1n) is 4.29. The lowest BCUT2D eigenvalue weighted by Gasteiger charge is -2.02. The number of nitrogens with zero attached hydrogens (tertiary/aromatic N) is 4. The Morgan fingerprint density at radius 3 is 2.87 bits per heavy atom. The van der Waals surface area contributed by atoms with Crippen LogP contribution in [0.3, 0.4) is 0 Å². The molecule has 0 aliphatic rings. The van der Waals surface area contributed by atoms with Crippen molar-refractivity contribution in [1.29, 1.82) is 5.26 Å². The highest BCUT2D eigenvalue weighted by Gasteiger charge is 2.06. The molecule has 1 heterocycles. The molecule has 2 aromatic rings. The van der Waals surface area contributed by atoms with Gasteiger partial charge in [0.2, 0.25) is 0 Å². The highest BCUT2D eigenvalue weighted by molar-refractivity contribution is 9.10. The average molecular weight is 263 g/mol. The number of rotatable bonds is 1. The zero-order valence-corrected chi connectivity index (χ0v) is 9.56. The summed E-state index contributed by atoms with van der Waals surface area (Å²) in [6.07, 6.45) is 1.60. The summed E-state index contributed by atoms with van der Waals surface area (Å²) in [5.41, 5.74) is 1.30. The van der Waals surface area contributed by atoms with Crippen molar-refractivity contribution in [3.05, 3.63) is 40.4 Å². The van der Waals surface area contributed by atoms with Crippen LogP contribution in [0.15, 0.2) is 29.0 Å². The lowest BCUT2D eigenvalue weighted by atomic mass is 10.2. The van der Waals surface area contributed by atoms with Crippen molar-refractivity contribution < 1.29 is 0 Å². The van der Waals surface area contributed by atoms with Gasteiger partial charge in [0, 0.05) is 4.47 Å². The largest absolute Gasteiger partial charge is 0.220 e. The molecule has 0 fully saturated rings. The molecule has 1 aromatic heterocycles. The van der Waals surface area contributed by atoms with Gasteiger partial charge in [0.05, 0.1) is 11.3 Å². The van der Waals surface area contributed by atoms with Crippen LogP contribution >= 0.6 is 15.9 Å². The van der Waals surface area contributed by atoms with E-state index < -0.39 is 0 Å². The fourth-order valence-electron chi connectivity index (χ4n) is 1.26. The number of hydrogen-bond acceptors (Lipinski definition) is 3. The summed E-state index contributed by atoms with van der Waals surface area (Å²) in [7, 11) is 0. The molecule has 0 bridgehead atoms. The SMILES string of the molecule is Cc1ncn(-c2ccc(Br)cc2C#N)n1. The average Bonchev–Trinajstić information content (AvgIpc) is 2.64. The maximum absolute atomic E-state index is 8.98. The monoisotopic (exact) mass is 262 g/mol. The molecule has 0 N–H and O–H groups in total. The second kappa shape index (κ2) is 3.83. The number of hydrogen-bond donors (Lipinski definition) is 0. The summed E-state index contributed by atoms with van der Waals surface area (Å²) in [4.78, 5) is 4.02. The Morgan fingerprint density at radius 1 is 1.47 bits per heavy atom. The topological polar surface area (TPSA) is 54.5 Å². The predicted molar refractivity (Wildman–Crippen MR) is 58.5 cm³/mol. The summed E-state index contributed by atoms with van der Waals surface area (Å²) in [6.45, 7) is 1.81. The van der Waals surface area contributed by atoms with Crippen LogP contribution in [0, 0.1) is 18.3 Å². The first kappa shape index (κ1) is 9.87. The molecule has 4 nitrogen and oxygen atoms in total. The quantitative estimate of drug-likeness (QED) is 0.792. The molecule has 0 atom stereocenters. The molecule has 0 radical (unpaired) electrons. The molecule has 2 rings (SSSR count). The highest BCUT2D eigenvalue weighted by Crippen LogP contribution is 2.18. The van der Waals surface area contributed by atoms with Crippen LogP contribution in [-0.2, 0) is 0 Å². The Morgan fingerprint density at radius 2 is 2.27 bits per heavy atom. The molecule has 0 amide bonds. The minimum atomic E-state index is 0.564. The van der Waals surface area contributed by atoms with Crippen LogP contribution in [0.5, 0.6) is 0 Å². The van der Waals surface area contributed by atoms with Crippen molar-refractivity contribution in [3.63, 3.8) is 0 Å². The van der Waals surface area contributed by atoms with Crippen molar-refractivity contribution in [2.24, 2.45) is 0 Å². The second-order valence-corrected chi connectivity index (χ2v) is 3.93. The van der Waals surface area contributed by atoms with Crippen molar-refractivity contribution in [2.45, 2.75) is 6.92 Å². The summed E-state index contributed by atoms with van der Waals surface area (Å²) in [6, 6.07) is 7.58. The minimum Gasteiger partial charge on any atom is -0.220 e. The van der Waals surface area contributed by atoms with Crippen molar-refractivity contribution >= 4 is 15.9 Å². The van der Waals surface area contributed by atoms with Crippen LogP contribution < -0.4 is 0 Å². The molecule has 0 aliphatic carbocycles. The number of aryl methyl sites for hydroxylation is 1. The van der Waals surface area contributed by atoms with E-state index in [0.717, 1.165) is 10.2 Å². The van der Waals surface area contributed by atoms with E-state index >= 15 is 0 Å². The van der Waals surface area contributed by atoms with E-state index in [4.69, 9.17) is 5.26 Å². The molecular weight excluding hydrogens is 256 g/mol. The molecule has 0 aliphatic heterocycles. The molecule has 0 spiro atoms. The first-order chi connectivity index (χ1) is 7.20. The van der Waals surface area contributed by atoms with Crippen LogP contribution in [0.4, 0.5) is 0 Å². The summed E-state index contributed by atoms with van der Waals surface area (Å²) < 4.78 is 2.47. The van der Waals surface area contributed by atoms with Crippen LogP contribution in [-0.4, -0.2) is 14.8 Å². The normalized spacial score (nSPS) is 9.93. The molecule has 1 aromatic carbocycles. The predicted octanol–water partition coefficient (Wildman–Crippen LogP) is 2.21. The van der Waals surface area contributed by atoms with Gasteiger partial charge in [0.25, 0.3) is 0 Å². The van der Waals surface area contributed by atoms with Crippen LogP contribution in [0.1, 0.15) is 11.4 Å². The van der Waals surface area contributed by atoms with Gasteiger partial charge in [-0.05, 0) is 25.1 Å². The number of aromatic nitrogens is 3. The Labute approximate surface area is 95.3 Å². The van der Waals surface area contributed by atoms with Gasteiger partial charge in [-0.1, -0.05) is 15.9 Å². The van der Waals surface area contributed by atoms with E-state index in [9.17, 15) is 0 Å². The fourth-order valence-corrected chi connectivity index (χ4v) is 1.62. The van der Waals surface area contributed by atoms with Gasteiger partial charge < -0.3 is 0 Å². The van der Waals surface area contributed by atoms with Crippen LogP contribution in [0.2, 0.25) is 0 Å². The molecular formula is C10H7BrN4. The van der Waals surface area contributed by atoms with E-state index in [-0.39, 0.29) is 0 Å². The van der Waals surface area contributed by atoms with Gasteiger partial charge in [-0.2, -0.15) is 10.4 Å². The van der Waals surface area contributed by atoms with Crippen molar-refractivity contribution in [2.75, 3.05) is 0 Å². The van der Waals surface area contributed by atoms with Gasteiger partial charge in [-0.15, -0.1) is 0 Å². The second-order valence-electron chi connectivity index (χ2n) is 3.01. The molecule has 0 saturated carbocycles. The summed E-state index contributed by atoms with van der Waals surface area (Å²) >= 11 is 3.32. The Kier molecular flexibility index (Phi) is 2.52. The fraction of sp³-hybridized carbons (Fsp3) is 0.100. The molecule has 5 heteroatoms. The first-order valence-corrected chi connectivity index (χ1v) is 5.08. The standard InChI is InChI=1S/C10H7BrN4/c1-7-13-6-15(14-7)10-3-2-9(11)4-8(10)5-12/h2-4,6H,1H3. The van der Waals surface area contributed by atoms with Gasteiger partial charge >= 0.3 is 0 Å². The Balaban J connectivity index is 2.58. The van der Waals surface area contributed by atoms with Gasteiger partial charge in [-0.25, -0.2) is 9.67 Å². The van der Waals surface area contributed by atoms with E-state index in [2.05, 4.69) is 32.1 Å². The van der Waals surface area contributed by atoms with E-state index in [0.29, 0.717) is 11.4 Å². The maximum Gasteiger partial charge on any atom is 0.147 e. The Bertz CT molecular complexity index is 539. The van der Waals surface area contributed by atoms with Gasteiger partial charge in [0.1, 0.15) is 18.2 Å². The zero-order valence-electron chi connectivity index (χ0n) is 7.98. The van der Waals surface area contributed by atoms with Crippen molar-refractivity contribution in [3.8, 4) is 11.8 Å². The lowest BCUT2D eigenvalue weighted by molar-refractivity contribution is 0.859. The molecule has 74 valence electrons. The third-order valence-electron chi connectivity index (χ3n) is 1.93.